The van der Waals surface area contributed by atoms with Crippen molar-refractivity contribution < 1.29 is 9.50 Å². The van der Waals surface area contributed by atoms with Gasteiger partial charge in [0.25, 0.3) is 0 Å². The Labute approximate surface area is 119 Å². The molecule has 1 aliphatic rings. The van der Waals surface area contributed by atoms with Crippen LogP contribution in [0, 0.1) is 17.1 Å². The molecule has 0 aliphatic carbocycles. The summed E-state index contributed by atoms with van der Waals surface area (Å²) in [4.78, 5) is 4.24. The zero-order valence-corrected chi connectivity index (χ0v) is 11.7. The summed E-state index contributed by atoms with van der Waals surface area (Å²) < 4.78 is 14.0. The molecule has 108 valence electrons. The lowest BCUT2D eigenvalue weighted by Crippen LogP contribution is -2.38. The molecule has 0 bridgehead atoms. The third-order valence-electron chi connectivity index (χ3n) is 3.84. The van der Waals surface area contributed by atoms with Gasteiger partial charge in [0, 0.05) is 32.2 Å². The molecule has 0 saturated carbocycles. The van der Waals surface area contributed by atoms with Crippen LogP contribution in [0.5, 0.6) is 0 Å². The first-order chi connectivity index (χ1) is 9.65. The number of aliphatic hydroxyl groups excluding tert-OH is 1. The quantitative estimate of drug-likeness (QED) is 0.911. The van der Waals surface area contributed by atoms with Crippen LogP contribution in [-0.2, 0) is 0 Å². The molecule has 4 nitrogen and oxygen atoms in total. The van der Waals surface area contributed by atoms with E-state index in [0.717, 1.165) is 32.6 Å². The van der Waals surface area contributed by atoms with Crippen LogP contribution in [0.4, 0.5) is 10.1 Å². The van der Waals surface area contributed by atoms with E-state index in [4.69, 9.17) is 5.26 Å². The van der Waals surface area contributed by atoms with E-state index < -0.39 is 0 Å². The SMILES string of the molecule is C[C@@H](CO)N1CCCN(c2ccc(C#N)cc2F)CC1. The smallest absolute Gasteiger partial charge is 0.147 e. The molecular formula is C15H20FN3O. The average Bonchev–Trinajstić information content (AvgIpc) is 2.72. The maximum Gasteiger partial charge on any atom is 0.147 e. The van der Waals surface area contributed by atoms with E-state index in [0.29, 0.717) is 11.3 Å². The van der Waals surface area contributed by atoms with E-state index in [-0.39, 0.29) is 18.5 Å². The first-order valence-electron chi connectivity index (χ1n) is 6.95. The predicted molar refractivity (Wildman–Crippen MR) is 76.1 cm³/mol. The highest BCUT2D eigenvalue weighted by molar-refractivity contribution is 5.51. The lowest BCUT2D eigenvalue weighted by Gasteiger charge is -2.27. The number of hydrogen-bond donors (Lipinski definition) is 1. The monoisotopic (exact) mass is 277 g/mol. The number of aliphatic hydroxyl groups is 1. The van der Waals surface area contributed by atoms with Crippen molar-refractivity contribution in [2.24, 2.45) is 0 Å². The van der Waals surface area contributed by atoms with Crippen LogP contribution < -0.4 is 4.90 Å². The van der Waals surface area contributed by atoms with Crippen molar-refractivity contribution in [2.75, 3.05) is 37.7 Å². The van der Waals surface area contributed by atoms with Crippen LogP contribution in [-0.4, -0.2) is 48.8 Å². The van der Waals surface area contributed by atoms with Gasteiger partial charge in [-0.15, -0.1) is 0 Å². The van der Waals surface area contributed by atoms with E-state index >= 15 is 0 Å². The van der Waals surface area contributed by atoms with Gasteiger partial charge in [0.1, 0.15) is 5.82 Å². The molecule has 1 saturated heterocycles. The minimum Gasteiger partial charge on any atom is -0.395 e. The summed E-state index contributed by atoms with van der Waals surface area (Å²) in [5.74, 6) is -0.340. The number of rotatable bonds is 3. The first-order valence-corrected chi connectivity index (χ1v) is 6.95. The highest BCUT2D eigenvalue weighted by Gasteiger charge is 2.20. The fourth-order valence-corrected chi connectivity index (χ4v) is 2.57. The molecule has 20 heavy (non-hydrogen) atoms. The van der Waals surface area contributed by atoms with E-state index in [2.05, 4.69) is 4.90 Å². The van der Waals surface area contributed by atoms with E-state index in [1.807, 2.05) is 17.9 Å². The van der Waals surface area contributed by atoms with Crippen molar-refractivity contribution in [3.63, 3.8) is 0 Å². The Morgan fingerprint density at radius 2 is 2.15 bits per heavy atom. The Hall–Kier alpha value is -1.64. The van der Waals surface area contributed by atoms with Gasteiger partial charge in [-0.05, 0) is 31.5 Å². The summed E-state index contributed by atoms with van der Waals surface area (Å²) in [5.41, 5.74) is 0.902. The van der Waals surface area contributed by atoms with Gasteiger partial charge in [-0.1, -0.05) is 0 Å². The third kappa shape index (κ3) is 3.27. The first kappa shape index (κ1) is 14.8. The fraction of sp³-hybridized carbons (Fsp3) is 0.533. The van der Waals surface area contributed by atoms with Gasteiger partial charge in [0.2, 0.25) is 0 Å². The van der Waals surface area contributed by atoms with Gasteiger partial charge in [0.05, 0.1) is 23.9 Å². The number of hydrogen-bond acceptors (Lipinski definition) is 4. The lowest BCUT2D eigenvalue weighted by molar-refractivity contribution is 0.141. The predicted octanol–water partition coefficient (Wildman–Crippen LogP) is 1.59. The highest BCUT2D eigenvalue weighted by Crippen LogP contribution is 2.22. The Balaban J connectivity index is 2.09. The maximum absolute atomic E-state index is 14.0. The molecule has 2 rings (SSSR count). The van der Waals surface area contributed by atoms with Crippen LogP contribution in [0.25, 0.3) is 0 Å². The molecule has 1 aliphatic heterocycles. The maximum atomic E-state index is 14.0. The summed E-state index contributed by atoms with van der Waals surface area (Å²) in [6.45, 7) is 5.38. The van der Waals surface area contributed by atoms with Crippen LogP contribution in [0.15, 0.2) is 18.2 Å². The summed E-state index contributed by atoms with van der Waals surface area (Å²) in [6.07, 6.45) is 0.934. The molecule has 5 heteroatoms. The van der Waals surface area contributed by atoms with Gasteiger partial charge in [0.15, 0.2) is 0 Å². The van der Waals surface area contributed by atoms with Crippen LogP contribution >= 0.6 is 0 Å². The van der Waals surface area contributed by atoms with Crippen molar-refractivity contribution in [1.29, 1.82) is 5.26 Å². The second-order valence-electron chi connectivity index (χ2n) is 5.19. The van der Waals surface area contributed by atoms with Crippen molar-refractivity contribution in [3.05, 3.63) is 29.6 Å². The molecule has 1 atom stereocenters. The molecular weight excluding hydrogens is 257 g/mol. The van der Waals surface area contributed by atoms with Gasteiger partial charge >= 0.3 is 0 Å². The highest BCUT2D eigenvalue weighted by atomic mass is 19.1. The summed E-state index contributed by atoms with van der Waals surface area (Å²) in [5, 5.41) is 18.0. The molecule has 0 radical (unpaired) electrons. The molecule has 0 amide bonds. The summed E-state index contributed by atoms with van der Waals surface area (Å²) >= 11 is 0. The molecule has 1 heterocycles. The Kier molecular flexibility index (Phi) is 4.94. The average molecular weight is 277 g/mol. The lowest BCUT2D eigenvalue weighted by atomic mass is 10.2. The van der Waals surface area contributed by atoms with Crippen molar-refractivity contribution >= 4 is 5.69 Å². The second kappa shape index (κ2) is 6.69. The Morgan fingerprint density at radius 1 is 1.35 bits per heavy atom. The van der Waals surface area contributed by atoms with Gasteiger partial charge in [-0.2, -0.15) is 5.26 Å². The van der Waals surface area contributed by atoms with Gasteiger partial charge in [-0.25, -0.2) is 4.39 Å². The Morgan fingerprint density at radius 3 is 2.80 bits per heavy atom. The van der Waals surface area contributed by atoms with E-state index in [1.165, 1.54) is 6.07 Å². The zero-order valence-electron chi connectivity index (χ0n) is 11.7. The van der Waals surface area contributed by atoms with Crippen LogP contribution in [0.3, 0.4) is 0 Å². The van der Waals surface area contributed by atoms with E-state index in [9.17, 15) is 9.50 Å². The molecule has 0 spiro atoms. The Bertz CT molecular complexity index is 500. The third-order valence-corrected chi connectivity index (χ3v) is 3.84. The largest absolute Gasteiger partial charge is 0.395 e. The fourth-order valence-electron chi connectivity index (χ4n) is 2.57. The molecule has 1 aromatic carbocycles. The number of halogens is 1. The summed E-state index contributed by atoms with van der Waals surface area (Å²) in [6, 6.07) is 6.70. The van der Waals surface area contributed by atoms with Crippen LogP contribution in [0.2, 0.25) is 0 Å². The molecule has 0 aromatic heterocycles. The number of anilines is 1. The van der Waals surface area contributed by atoms with Crippen molar-refractivity contribution in [3.8, 4) is 6.07 Å². The van der Waals surface area contributed by atoms with Gasteiger partial charge in [-0.3, -0.25) is 4.90 Å². The number of nitriles is 1. The van der Waals surface area contributed by atoms with Crippen molar-refractivity contribution in [1.82, 2.24) is 4.90 Å². The molecule has 1 aromatic rings. The van der Waals surface area contributed by atoms with Crippen LogP contribution in [0.1, 0.15) is 18.9 Å². The minimum absolute atomic E-state index is 0.140. The summed E-state index contributed by atoms with van der Waals surface area (Å²) in [7, 11) is 0. The standard InChI is InChI=1S/C15H20FN3O/c1-12(11-20)18-5-2-6-19(8-7-18)15-4-3-13(10-17)9-14(15)16/h3-4,9,12,20H,2,5-8,11H2,1H3/t12-/m0/s1. The zero-order chi connectivity index (χ0) is 14.5. The topological polar surface area (TPSA) is 50.5 Å². The second-order valence-corrected chi connectivity index (χ2v) is 5.19. The normalized spacial score (nSPS) is 18.4. The van der Waals surface area contributed by atoms with Crippen molar-refractivity contribution in [2.45, 2.75) is 19.4 Å². The minimum atomic E-state index is -0.340. The van der Waals surface area contributed by atoms with Gasteiger partial charge < -0.3 is 10.0 Å². The molecule has 1 N–H and O–H groups in total. The van der Waals surface area contributed by atoms with E-state index in [1.54, 1.807) is 12.1 Å². The molecule has 0 unspecified atom stereocenters. The number of nitrogens with zero attached hydrogens (tertiary/aromatic N) is 3. The number of benzene rings is 1. The molecule has 1 fully saturated rings.